The van der Waals surface area contributed by atoms with Crippen molar-refractivity contribution < 1.29 is 12.6 Å². The number of rotatable bonds is 5. The Morgan fingerprint density at radius 2 is 2.20 bits per heavy atom. The van der Waals surface area contributed by atoms with Crippen LogP contribution in [0.3, 0.4) is 0 Å². The molecule has 0 amide bonds. The fourth-order valence-electron chi connectivity index (χ4n) is 0.544. The topological polar surface area (TPSA) is 69.4 Å². The van der Waals surface area contributed by atoms with Gasteiger partial charge >= 0.3 is 0 Å². The van der Waals surface area contributed by atoms with Crippen LogP contribution in [-0.2, 0) is 15.2 Å². The second-order valence-corrected chi connectivity index (χ2v) is 2.88. The molecule has 0 aromatic heterocycles. The Morgan fingerprint density at radius 1 is 1.60 bits per heavy atom. The predicted octanol–water partition coefficient (Wildman–Crippen LogP) is -0.343. The van der Waals surface area contributed by atoms with Gasteiger partial charge in [-0.3, -0.25) is 4.18 Å². The van der Waals surface area contributed by atoms with E-state index in [1.165, 1.54) is 0 Å². The smallest absolute Gasteiger partial charge is 0.257 e. The molecule has 0 fully saturated rings. The van der Waals surface area contributed by atoms with E-state index in [9.17, 15) is 8.42 Å². The molecule has 0 saturated heterocycles. The van der Waals surface area contributed by atoms with Gasteiger partial charge in [-0.05, 0) is 19.8 Å². The van der Waals surface area contributed by atoms with Crippen LogP contribution in [0.1, 0.15) is 19.8 Å². The fraction of sp³-hybridized carbons (Fsp3) is 1.00. The van der Waals surface area contributed by atoms with Crippen molar-refractivity contribution in [3.05, 3.63) is 0 Å². The standard InChI is InChI=1S/C5H13NO3S/c1-5(6)3-2-4-9-10(7)8/h5,10H,2-4,6H2,1H3. The summed E-state index contributed by atoms with van der Waals surface area (Å²) in [6, 6.07) is 0.119. The van der Waals surface area contributed by atoms with Crippen LogP contribution >= 0.6 is 0 Å². The Morgan fingerprint density at radius 3 is 2.60 bits per heavy atom. The quantitative estimate of drug-likeness (QED) is 0.434. The van der Waals surface area contributed by atoms with Gasteiger partial charge in [0.05, 0.1) is 6.61 Å². The minimum absolute atomic E-state index is 0.119. The molecule has 0 aliphatic carbocycles. The van der Waals surface area contributed by atoms with Crippen molar-refractivity contribution >= 4 is 11.0 Å². The third kappa shape index (κ3) is 7.87. The van der Waals surface area contributed by atoms with Crippen LogP contribution in [0, 0.1) is 0 Å². The van der Waals surface area contributed by atoms with Gasteiger partial charge in [-0.2, -0.15) is 0 Å². The summed E-state index contributed by atoms with van der Waals surface area (Å²) in [6.07, 6.45) is 1.49. The SMILES string of the molecule is CC(N)CCCO[SH](=O)=O. The summed E-state index contributed by atoms with van der Waals surface area (Å²) in [6.45, 7) is 2.12. The van der Waals surface area contributed by atoms with Crippen molar-refractivity contribution in [3.8, 4) is 0 Å². The van der Waals surface area contributed by atoms with Crippen molar-refractivity contribution in [2.75, 3.05) is 6.61 Å². The molecule has 0 aliphatic rings. The Kier molecular flexibility index (Phi) is 5.57. The third-order valence-corrected chi connectivity index (χ3v) is 1.39. The van der Waals surface area contributed by atoms with Crippen LogP contribution in [0.25, 0.3) is 0 Å². The van der Waals surface area contributed by atoms with Crippen LogP contribution in [0.2, 0.25) is 0 Å². The van der Waals surface area contributed by atoms with Crippen molar-refractivity contribution in [3.63, 3.8) is 0 Å². The molecule has 0 saturated carbocycles. The summed E-state index contributed by atoms with van der Waals surface area (Å²) in [4.78, 5) is 0. The molecule has 10 heavy (non-hydrogen) atoms. The molecule has 0 bridgehead atoms. The molecule has 4 nitrogen and oxygen atoms in total. The molecule has 0 heterocycles. The molecule has 62 valence electrons. The molecule has 0 rings (SSSR count). The third-order valence-electron chi connectivity index (χ3n) is 1.00. The Labute approximate surface area is 62.5 Å². The molecule has 2 N–H and O–H groups in total. The minimum atomic E-state index is -2.67. The van der Waals surface area contributed by atoms with E-state index in [2.05, 4.69) is 4.18 Å². The minimum Gasteiger partial charge on any atom is -0.328 e. The molecule has 0 aromatic rings. The van der Waals surface area contributed by atoms with Crippen molar-refractivity contribution in [2.24, 2.45) is 5.73 Å². The summed E-state index contributed by atoms with van der Waals surface area (Å²) < 4.78 is 23.9. The van der Waals surface area contributed by atoms with Crippen LogP contribution in [0.5, 0.6) is 0 Å². The van der Waals surface area contributed by atoms with Gasteiger partial charge in [-0.25, -0.2) is 8.42 Å². The molecule has 0 aliphatic heterocycles. The Bertz CT molecular complexity index is 136. The van der Waals surface area contributed by atoms with E-state index >= 15 is 0 Å². The van der Waals surface area contributed by atoms with E-state index in [1.54, 1.807) is 0 Å². The lowest BCUT2D eigenvalue weighted by Crippen LogP contribution is -2.15. The maximum atomic E-state index is 9.83. The van der Waals surface area contributed by atoms with Gasteiger partial charge < -0.3 is 5.73 Å². The first-order valence-corrected chi connectivity index (χ1v) is 4.25. The number of hydrogen-bond donors (Lipinski definition) is 2. The number of thiol groups is 1. The van der Waals surface area contributed by atoms with E-state index in [1.807, 2.05) is 6.92 Å². The highest BCUT2D eigenvalue weighted by molar-refractivity contribution is 7.67. The zero-order chi connectivity index (χ0) is 7.98. The van der Waals surface area contributed by atoms with Gasteiger partial charge in [0.25, 0.3) is 11.0 Å². The highest BCUT2D eigenvalue weighted by Gasteiger charge is 1.93. The van der Waals surface area contributed by atoms with Gasteiger partial charge in [-0.15, -0.1) is 0 Å². The lowest BCUT2D eigenvalue weighted by Gasteiger charge is -2.01. The highest BCUT2D eigenvalue weighted by Crippen LogP contribution is 1.93. The Balaban J connectivity index is 3.06. The molecule has 1 atom stereocenters. The average molecular weight is 167 g/mol. The summed E-state index contributed by atoms with van der Waals surface area (Å²) in [7, 11) is -2.67. The first kappa shape index (κ1) is 9.87. The van der Waals surface area contributed by atoms with Crippen molar-refractivity contribution in [1.82, 2.24) is 0 Å². The lowest BCUT2D eigenvalue weighted by atomic mass is 10.2. The monoisotopic (exact) mass is 167 g/mol. The van der Waals surface area contributed by atoms with Gasteiger partial charge in [0.15, 0.2) is 0 Å². The summed E-state index contributed by atoms with van der Waals surface area (Å²) >= 11 is 0. The predicted molar refractivity (Wildman–Crippen MR) is 39.2 cm³/mol. The molecule has 1 unspecified atom stereocenters. The maximum Gasteiger partial charge on any atom is 0.257 e. The largest absolute Gasteiger partial charge is 0.328 e. The first-order chi connectivity index (χ1) is 4.63. The van der Waals surface area contributed by atoms with Crippen molar-refractivity contribution in [1.29, 1.82) is 0 Å². The molecule has 5 heteroatoms. The van der Waals surface area contributed by atoms with Crippen LogP contribution in [0.4, 0.5) is 0 Å². The molecular weight excluding hydrogens is 154 g/mol. The van der Waals surface area contributed by atoms with Gasteiger partial charge in [0.1, 0.15) is 0 Å². The van der Waals surface area contributed by atoms with Crippen molar-refractivity contribution in [2.45, 2.75) is 25.8 Å². The second-order valence-electron chi connectivity index (χ2n) is 2.18. The van der Waals surface area contributed by atoms with E-state index in [-0.39, 0.29) is 12.6 Å². The normalized spacial score (nSPS) is 13.9. The Hall–Kier alpha value is -0.130. The van der Waals surface area contributed by atoms with E-state index in [0.29, 0.717) is 6.42 Å². The molecular formula is C5H13NO3S. The van der Waals surface area contributed by atoms with E-state index in [0.717, 1.165) is 6.42 Å². The fourth-order valence-corrected chi connectivity index (χ4v) is 0.823. The van der Waals surface area contributed by atoms with Crippen LogP contribution in [0.15, 0.2) is 0 Å². The summed E-state index contributed by atoms with van der Waals surface area (Å²) in [5.41, 5.74) is 5.40. The number of nitrogens with two attached hydrogens (primary N) is 1. The van der Waals surface area contributed by atoms with Gasteiger partial charge in [0, 0.05) is 6.04 Å². The second kappa shape index (κ2) is 5.64. The van der Waals surface area contributed by atoms with Crippen LogP contribution in [-0.4, -0.2) is 21.1 Å². The van der Waals surface area contributed by atoms with E-state index < -0.39 is 11.0 Å². The number of hydrogen-bond acceptors (Lipinski definition) is 4. The highest BCUT2D eigenvalue weighted by atomic mass is 32.2. The van der Waals surface area contributed by atoms with Crippen LogP contribution < -0.4 is 5.73 Å². The summed E-state index contributed by atoms with van der Waals surface area (Å²) in [5.74, 6) is 0. The first-order valence-electron chi connectivity index (χ1n) is 3.16. The maximum absolute atomic E-state index is 9.83. The van der Waals surface area contributed by atoms with Gasteiger partial charge in [-0.1, -0.05) is 0 Å². The molecule has 0 spiro atoms. The zero-order valence-electron chi connectivity index (χ0n) is 5.95. The average Bonchev–Trinajstić information content (AvgIpc) is 1.79. The molecule has 0 aromatic carbocycles. The van der Waals surface area contributed by atoms with Gasteiger partial charge in [0.2, 0.25) is 0 Å². The summed E-state index contributed by atoms with van der Waals surface area (Å²) in [5, 5.41) is 0. The zero-order valence-corrected chi connectivity index (χ0v) is 6.84. The molecule has 0 radical (unpaired) electrons. The lowest BCUT2D eigenvalue weighted by molar-refractivity contribution is 0.318. The van der Waals surface area contributed by atoms with E-state index in [4.69, 9.17) is 5.73 Å².